The first-order valence-electron chi connectivity index (χ1n) is 0.478. The summed E-state index contributed by atoms with van der Waals surface area (Å²) >= 11 is -3.40. The molecule has 0 aromatic rings. The molecule has 0 aromatic heterocycles. The van der Waals surface area contributed by atoms with Gasteiger partial charge in [-0.25, -0.2) is 0 Å². The predicted molar refractivity (Wildman–Crippen MR) is 2.22 cm³/mol. The van der Waals surface area contributed by atoms with Crippen LogP contribution in [0.25, 0.3) is 0 Å². The van der Waals surface area contributed by atoms with E-state index in [4.69, 9.17) is 12.6 Å². The van der Waals surface area contributed by atoms with Crippen LogP contribution in [0, 0.1) is 14.8 Å². The zero-order valence-electron chi connectivity index (χ0n) is 2.35. The van der Waals surface area contributed by atoms with Gasteiger partial charge in [0.2, 0.25) is 0 Å². The van der Waals surface area contributed by atoms with Crippen LogP contribution in [0.4, 0.5) is 0 Å². The van der Waals surface area contributed by atoms with Crippen molar-refractivity contribution in [3.63, 3.8) is 0 Å². The van der Waals surface area contributed by atoms with Crippen LogP contribution < -0.4 is 8.40 Å². The largest absolute Gasteiger partial charge is 0.433 e. The third-order valence-electron chi connectivity index (χ3n) is 0. The van der Waals surface area contributed by atoms with Gasteiger partial charge in [-0.05, 0) is 4.20 Å². The van der Waals surface area contributed by atoms with Gasteiger partial charge in [0.15, 0.2) is 0 Å². The summed E-state index contributed by atoms with van der Waals surface area (Å²) in [7, 11) is 0. The van der Waals surface area contributed by atoms with Gasteiger partial charge in [-0.15, -0.1) is 0 Å². The Labute approximate surface area is 54.6 Å². The van der Waals surface area contributed by atoms with Crippen molar-refractivity contribution in [1.82, 2.24) is 0 Å². The van der Waals surface area contributed by atoms with Gasteiger partial charge < -0.3 is 8.40 Å². The zero-order valence-corrected chi connectivity index (χ0v) is 7.97. The average molecular weight is 241 g/mol. The Bertz CT molecular complexity index is 11.6. The first-order valence-corrected chi connectivity index (χ1v) is 2.48. The molecule has 0 radical (unpaired) electrons. The van der Waals surface area contributed by atoms with E-state index < -0.39 is 14.8 Å². The van der Waals surface area contributed by atoms with E-state index in [0.29, 0.717) is 0 Å². The Morgan fingerprint density at radius 2 is 1.40 bits per heavy atom. The molecule has 0 aliphatic rings. The van der Waals surface area contributed by atoms with Crippen molar-refractivity contribution < 1.29 is 54.7 Å². The van der Waals surface area contributed by atoms with E-state index in [1.807, 2.05) is 0 Å². The van der Waals surface area contributed by atoms with Crippen LogP contribution in [0.5, 0.6) is 0 Å². The third-order valence-corrected chi connectivity index (χ3v) is 0. The van der Waals surface area contributed by atoms with E-state index in [1.165, 1.54) is 0 Å². The molecular weight excluding hydrogens is 240 g/mol. The summed E-state index contributed by atoms with van der Waals surface area (Å²) in [4.78, 5) is 0. The fourth-order valence-corrected chi connectivity index (χ4v) is 0. The van der Waals surface area contributed by atoms with Crippen LogP contribution in [0.15, 0.2) is 0 Å². The molecule has 0 aromatic carbocycles. The molecule has 0 amide bonds. The van der Waals surface area contributed by atoms with Crippen molar-refractivity contribution in [3.05, 3.63) is 0 Å². The Balaban J connectivity index is 0. The quantitative estimate of drug-likeness (QED) is 0.462. The van der Waals surface area contributed by atoms with Gasteiger partial charge in [-0.2, -0.15) is 0 Å². The Kier molecular flexibility index (Phi) is 10.1. The van der Waals surface area contributed by atoms with Crippen molar-refractivity contribution in [1.29, 1.82) is 0 Å². The van der Waals surface area contributed by atoms with E-state index in [2.05, 4.69) is 0 Å². The smallest absolute Gasteiger partial charge is 0.372 e. The monoisotopic (exact) mass is 242 g/mol. The molecule has 5 heteroatoms. The summed E-state index contributed by atoms with van der Waals surface area (Å²) < 4.78 is 24.3. The van der Waals surface area contributed by atoms with Gasteiger partial charge in [-0.3, -0.25) is 0 Å². The van der Waals surface area contributed by atoms with Crippen LogP contribution in [0.3, 0.4) is 0 Å². The van der Waals surface area contributed by atoms with Gasteiger partial charge >= 0.3 is 14.8 Å². The fraction of sp³-hybridized carbons (Fsp3) is 0. The van der Waals surface area contributed by atoms with Crippen molar-refractivity contribution in [2.24, 2.45) is 0 Å². The molecule has 0 unspecified atom stereocenters. The minimum Gasteiger partial charge on any atom is -0.372 e. The number of hydrogen-bond donors (Lipinski definition) is 1. The molecule has 0 heterocycles. The summed E-state index contributed by atoms with van der Waals surface area (Å²) in [6.45, 7) is 0. The minimum atomic E-state index is -3.40. The Hall–Kier alpha value is 1.28. The molecule has 0 fully saturated rings. The molecule has 0 spiro atoms. The first-order chi connectivity index (χ1) is 1.73. The summed E-state index contributed by atoms with van der Waals surface area (Å²) in [5.41, 5.74) is 0. The molecule has 0 rings (SSSR count). The van der Waals surface area contributed by atoms with Crippen molar-refractivity contribution >= 4 is 0 Å². The predicted octanol–water partition coefficient (Wildman–Crippen LogP) is -2.94. The van der Waals surface area contributed by atoms with Crippen LogP contribution in [0.2, 0.25) is 0 Å². The van der Waals surface area contributed by atoms with E-state index in [9.17, 15) is 0 Å². The number of halogens is 1. The Morgan fingerprint density at radius 3 is 1.40 bits per heavy atom. The fourth-order valence-electron chi connectivity index (χ4n) is 0. The average Bonchev–Trinajstić information content (AvgIpc) is 0.811. The van der Waals surface area contributed by atoms with Gasteiger partial charge in [-0.1, -0.05) is 0 Å². The van der Waals surface area contributed by atoms with Gasteiger partial charge in [0.05, 0.1) is 0 Å². The molecule has 28 valence electrons. The molecule has 0 saturated carbocycles. The van der Waals surface area contributed by atoms with Crippen molar-refractivity contribution in [2.75, 3.05) is 0 Å². The van der Waals surface area contributed by atoms with Crippen molar-refractivity contribution in [3.8, 4) is 0 Å². The molecule has 0 saturated heterocycles. The topological polar surface area (TPSA) is 66.3 Å². The maximum Gasteiger partial charge on any atom is 0.433 e. The molecule has 3 nitrogen and oxygen atoms in total. The second-order valence-electron chi connectivity index (χ2n) is 0.201. The number of hydrogen-bond acceptors (Lipinski definition) is 3. The molecule has 0 atom stereocenters. The molecular formula is HBrCdO3. The standard InChI is InChI=1S/BrHO3.Cd/c2-1(3)4;/h2H;. The SMILES string of the molecule is [Cd].[O-][Br+2]([O-])O. The summed E-state index contributed by atoms with van der Waals surface area (Å²) in [5, 5.41) is 0. The number of rotatable bonds is 0. The minimum absolute atomic E-state index is 0. The molecule has 0 aliphatic heterocycles. The van der Waals surface area contributed by atoms with E-state index >= 15 is 0 Å². The third kappa shape index (κ3) is 34.6. The second kappa shape index (κ2) is 5.28. The Morgan fingerprint density at radius 1 is 1.40 bits per heavy atom. The van der Waals surface area contributed by atoms with E-state index in [-0.39, 0.29) is 27.3 Å². The van der Waals surface area contributed by atoms with Gasteiger partial charge in [0.1, 0.15) is 0 Å². The molecule has 1 N–H and O–H groups in total. The molecule has 0 aliphatic carbocycles. The van der Waals surface area contributed by atoms with Crippen molar-refractivity contribution in [2.45, 2.75) is 0 Å². The van der Waals surface area contributed by atoms with Gasteiger partial charge in [0.25, 0.3) is 0 Å². The first kappa shape index (κ1) is 9.56. The second-order valence-corrected chi connectivity index (χ2v) is 1.04. The summed E-state index contributed by atoms with van der Waals surface area (Å²) in [5.74, 6) is 0. The van der Waals surface area contributed by atoms with Crippen LogP contribution >= 0.6 is 0 Å². The maximum absolute atomic E-state index is 8.63. The van der Waals surface area contributed by atoms with E-state index in [0.717, 1.165) is 0 Å². The zero-order chi connectivity index (χ0) is 3.58. The van der Waals surface area contributed by atoms with Crippen LogP contribution in [-0.4, -0.2) is 4.20 Å². The summed E-state index contributed by atoms with van der Waals surface area (Å²) in [6, 6.07) is 0. The summed E-state index contributed by atoms with van der Waals surface area (Å²) in [6.07, 6.45) is 0. The van der Waals surface area contributed by atoms with Crippen LogP contribution in [-0.2, 0) is 27.3 Å². The van der Waals surface area contributed by atoms with E-state index in [1.54, 1.807) is 0 Å². The molecule has 0 bridgehead atoms. The van der Waals surface area contributed by atoms with Crippen LogP contribution in [0.1, 0.15) is 0 Å². The van der Waals surface area contributed by atoms with Gasteiger partial charge in [0, 0.05) is 27.3 Å². The molecule has 5 heavy (non-hydrogen) atoms. The normalized spacial score (nSPS) is 7.20. The maximum atomic E-state index is 8.63.